The molecule has 1 heterocycles. The van der Waals surface area contributed by atoms with Crippen LogP contribution in [0.15, 0.2) is 58.7 Å². The summed E-state index contributed by atoms with van der Waals surface area (Å²) in [6.07, 6.45) is 1.45. The first-order valence-electron chi connectivity index (χ1n) is 7.32. The molecule has 0 bridgehead atoms. The van der Waals surface area contributed by atoms with E-state index < -0.39 is 0 Å². The Labute approximate surface area is 150 Å². The van der Waals surface area contributed by atoms with Gasteiger partial charge in [-0.15, -0.1) is 0 Å². The summed E-state index contributed by atoms with van der Waals surface area (Å²) in [6, 6.07) is 13.6. The Balaban J connectivity index is 1.88. The number of benzene rings is 2. The van der Waals surface area contributed by atoms with Gasteiger partial charge < -0.3 is 10.5 Å². The fraction of sp³-hybridized carbons (Fsp3) is 0.111. The van der Waals surface area contributed by atoms with Crippen LogP contribution in [0.4, 0.5) is 5.69 Å². The second-order valence-corrected chi connectivity index (χ2v) is 6.73. The van der Waals surface area contributed by atoms with Crippen LogP contribution in [0.5, 0.6) is 11.6 Å². The van der Waals surface area contributed by atoms with E-state index >= 15 is 0 Å². The summed E-state index contributed by atoms with van der Waals surface area (Å²) < 4.78 is 5.86. The van der Waals surface area contributed by atoms with Crippen molar-refractivity contribution >= 4 is 29.1 Å². The highest BCUT2D eigenvalue weighted by molar-refractivity contribution is 7.99. The first-order chi connectivity index (χ1) is 11.5. The largest absolute Gasteiger partial charge is 0.437 e. The highest BCUT2D eigenvalue weighted by atomic mass is 35.5. The normalized spacial score (nSPS) is 10.6. The smallest absolute Gasteiger partial charge is 0.247 e. The van der Waals surface area contributed by atoms with Crippen LogP contribution in [-0.4, -0.2) is 9.97 Å². The third kappa shape index (κ3) is 3.63. The van der Waals surface area contributed by atoms with Crippen LogP contribution in [0, 0.1) is 13.8 Å². The number of nitrogens with two attached hydrogens (primary N) is 1. The van der Waals surface area contributed by atoms with Gasteiger partial charge in [0.05, 0.1) is 0 Å². The lowest BCUT2D eigenvalue weighted by Gasteiger charge is -2.12. The van der Waals surface area contributed by atoms with Crippen LogP contribution in [0.3, 0.4) is 0 Å². The van der Waals surface area contributed by atoms with Crippen molar-refractivity contribution in [2.45, 2.75) is 23.8 Å². The summed E-state index contributed by atoms with van der Waals surface area (Å²) in [5.74, 6) is 0.986. The molecule has 0 fully saturated rings. The predicted molar refractivity (Wildman–Crippen MR) is 98.0 cm³/mol. The van der Waals surface area contributed by atoms with Gasteiger partial charge in [-0.3, -0.25) is 0 Å². The molecular formula is C18H16ClN3OS. The van der Waals surface area contributed by atoms with Gasteiger partial charge in [0.2, 0.25) is 5.88 Å². The molecule has 3 aromatic rings. The van der Waals surface area contributed by atoms with Gasteiger partial charge >= 0.3 is 0 Å². The molecule has 4 nitrogen and oxygen atoms in total. The summed E-state index contributed by atoms with van der Waals surface area (Å²) >= 11 is 7.66. The van der Waals surface area contributed by atoms with Crippen LogP contribution >= 0.6 is 23.4 Å². The number of aromatic nitrogens is 2. The van der Waals surface area contributed by atoms with Crippen molar-refractivity contribution < 1.29 is 4.74 Å². The van der Waals surface area contributed by atoms with E-state index in [-0.39, 0.29) is 0 Å². The zero-order valence-corrected chi connectivity index (χ0v) is 14.9. The van der Waals surface area contributed by atoms with E-state index in [9.17, 15) is 0 Å². The minimum absolute atomic E-state index is 0.338. The van der Waals surface area contributed by atoms with Crippen molar-refractivity contribution in [1.82, 2.24) is 9.97 Å². The molecule has 122 valence electrons. The van der Waals surface area contributed by atoms with Crippen molar-refractivity contribution in [2.24, 2.45) is 0 Å². The molecule has 6 heteroatoms. The summed E-state index contributed by atoms with van der Waals surface area (Å²) in [4.78, 5) is 9.45. The lowest BCUT2D eigenvalue weighted by Crippen LogP contribution is -1.99. The van der Waals surface area contributed by atoms with Crippen molar-refractivity contribution in [1.29, 1.82) is 0 Å². The summed E-state index contributed by atoms with van der Waals surface area (Å²) in [5, 5.41) is 1.40. The second-order valence-electron chi connectivity index (χ2n) is 5.29. The maximum absolute atomic E-state index is 6.19. The first kappa shape index (κ1) is 16.6. The fourth-order valence-corrected chi connectivity index (χ4v) is 3.13. The van der Waals surface area contributed by atoms with E-state index in [1.54, 1.807) is 0 Å². The average molecular weight is 358 g/mol. The van der Waals surface area contributed by atoms with Crippen molar-refractivity contribution in [3.05, 3.63) is 64.9 Å². The first-order valence-corrected chi connectivity index (χ1v) is 8.52. The highest BCUT2D eigenvalue weighted by Gasteiger charge is 2.13. The molecule has 0 atom stereocenters. The monoisotopic (exact) mass is 357 g/mol. The minimum atomic E-state index is 0.338. The van der Waals surface area contributed by atoms with E-state index in [4.69, 9.17) is 22.1 Å². The van der Waals surface area contributed by atoms with Gasteiger partial charge in [-0.2, -0.15) is 4.98 Å². The van der Waals surface area contributed by atoms with Gasteiger partial charge in [0.25, 0.3) is 0 Å². The Morgan fingerprint density at radius 2 is 1.71 bits per heavy atom. The van der Waals surface area contributed by atoms with Crippen LogP contribution in [-0.2, 0) is 0 Å². The zero-order valence-electron chi connectivity index (χ0n) is 13.3. The molecule has 0 spiro atoms. The second kappa shape index (κ2) is 7.11. The van der Waals surface area contributed by atoms with E-state index in [2.05, 4.69) is 9.97 Å². The molecule has 3 rings (SSSR count). The third-order valence-corrected chi connectivity index (χ3v) is 5.02. The molecule has 0 radical (unpaired) electrons. The molecule has 0 unspecified atom stereocenters. The van der Waals surface area contributed by atoms with Crippen molar-refractivity contribution in [2.75, 3.05) is 5.73 Å². The minimum Gasteiger partial charge on any atom is -0.437 e. The molecule has 0 amide bonds. The molecule has 0 aliphatic carbocycles. The summed E-state index contributed by atoms with van der Waals surface area (Å²) in [6.45, 7) is 3.87. The van der Waals surface area contributed by atoms with Crippen LogP contribution in [0.1, 0.15) is 11.1 Å². The van der Waals surface area contributed by atoms with E-state index in [1.165, 1.54) is 18.1 Å². The number of anilines is 1. The lowest BCUT2D eigenvalue weighted by atomic mass is 10.1. The molecule has 2 N–H and O–H groups in total. The Hall–Kier alpha value is -2.24. The maximum Gasteiger partial charge on any atom is 0.247 e. The zero-order chi connectivity index (χ0) is 17.1. The number of halogens is 1. The summed E-state index contributed by atoms with van der Waals surface area (Å²) in [5.41, 5.74) is 8.49. The van der Waals surface area contributed by atoms with Gasteiger partial charge in [0.1, 0.15) is 22.8 Å². The van der Waals surface area contributed by atoms with E-state index in [1.807, 2.05) is 56.3 Å². The van der Waals surface area contributed by atoms with Gasteiger partial charge in [0, 0.05) is 9.92 Å². The van der Waals surface area contributed by atoms with Crippen molar-refractivity contribution in [3.8, 4) is 11.6 Å². The molecular weight excluding hydrogens is 342 g/mol. The summed E-state index contributed by atoms with van der Waals surface area (Å²) in [7, 11) is 0. The molecule has 0 saturated heterocycles. The number of aryl methyl sites for hydroxylation is 2. The molecule has 0 saturated carbocycles. The van der Waals surface area contributed by atoms with Crippen LogP contribution in [0.25, 0.3) is 0 Å². The number of rotatable bonds is 4. The fourth-order valence-electron chi connectivity index (χ4n) is 2.20. The van der Waals surface area contributed by atoms with Crippen LogP contribution in [0.2, 0.25) is 5.02 Å². The quantitative estimate of drug-likeness (QED) is 0.644. The molecule has 2 aromatic carbocycles. The van der Waals surface area contributed by atoms with Crippen LogP contribution < -0.4 is 10.5 Å². The maximum atomic E-state index is 6.19. The molecule has 1 aromatic heterocycles. The van der Waals surface area contributed by atoms with Crippen molar-refractivity contribution in [3.63, 3.8) is 0 Å². The van der Waals surface area contributed by atoms with E-state index in [0.717, 1.165) is 21.0 Å². The number of nitrogen functional groups attached to an aromatic ring is 1. The molecule has 24 heavy (non-hydrogen) atoms. The lowest BCUT2D eigenvalue weighted by molar-refractivity contribution is 0.461. The van der Waals surface area contributed by atoms with E-state index in [0.29, 0.717) is 22.3 Å². The van der Waals surface area contributed by atoms with Gasteiger partial charge in [-0.05, 0) is 49.2 Å². The average Bonchev–Trinajstić information content (AvgIpc) is 2.57. The molecule has 0 aliphatic rings. The number of ether oxygens (including phenoxy) is 1. The SMILES string of the molecule is Cc1cc(Oc2ncnc(Sc3ccccc3)c2N)cc(C)c1Cl. The third-order valence-electron chi connectivity index (χ3n) is 3.39. The van der Waals surface area contributed by atoms with Gasteiger partial charge in [-0.1, -0.05) is 41.6 Å². The Morgan fingerprint density at radius 3 is 2.38 bits per heavy atom. The van der Waals surface area contributed by atoms with Gasteiger partial charge in [-0.25, -0.2) is 4.98 Å². The topological polar surface area (TPSA) is 61.0 Å². The molecule has 0 aliphatic heterocycles. The Morgan fingerprint density at radius 1 is 1.04 bits per heavy atom. The Bertz CT molecular complexity index is 848. The number of hydrogen-bond acceptors (Lipinski definition) is 5. The van der Waals surface area contributed by atoms with Gasteiger partial charge in [0.15, 0.2) is 0 Å². The standard InChI is InChI=1S/C18H16ClN3OS/c1-11-8-13(9-12(2)15(11)19)23-17-16(20)18(22-10-21-17)24-14-6-4-3-5-7-14/h3-10H,20H2,1-2H3. The highest BCUT2D eigenvalue weighted by Crippen LogP contribution is 2.36. The number of nitrogens with zero attached hydrogens (tertiary/aromatic N) is 2. The Kier molecular flexibility index (Phi) is 4.92. The number of hydrogen-bond donors (Lipinski definition) is 1. The predicted octanol–water partition coefficient (Wildman–Crippen LogP) is 5.27.